The summed E-state index contributed by atoms with van der Waals surface area (Å²) in [4.78, 5) is 27.9. The lowest BCUT2D eigenvalue weighted by Crippen LogP contribution is -2.51. The van der Waals surface area contributed by atoms with E-state index in [-0.39, 0.29) is 11.6 Å². The van der Waals surface area contributed by atoms with Gasteiger partial charge in [-0.25, -0.2) is 0 Å². The minimum Gasteiger partial charge on any atom is -0.486 e. The monoisotopic (exact) mass is 402 g/mol. The minimum absolute atomic E-state index is 0.143. The Kier molecular flexibility index (Phi) is 4.51. The summed E-state index contributed by atoms with van der Waals surface area (Å²) in [6, 6.07) is 13.8. The predicted molar refractivity (Wildman–Crippen MR) is 116 cm³/mol. The number of aryl methyl sites for hydroxylation is 2. The molecule has 0 saturated carbocycles. The number of aromatic nitrogens is 1. The number of fused-ring (bicyclic) bond motifs is 2. The van der Waals surface area contributed by atoms with E-state index in [0.29, 0.717) is 24.3 Å². The van der Waals surface area contributed by atoms with Crippen LogP contribution in [0.5, 0.6) is 5.75 Å². The maximum Gasteiger partial charge on any atom is 0.178 e. The predicted octanol–water partition coefficient (Wildman–Crippen LogP) is 4.17. The largest absolute Gasteiger partial charge is 0.486 e. The van der Waals surface area contributed by atoms with Gasteiger partial charge in [0.1, 0.15) is 11.4 Å². The van der Waals surface area contributed by atoms with Crippen molar-refractivity contribution in [3.63, 3.8) is 0 Å². The second-order valence-electron chi connectivity index (χ2n) is 8.75. The second kappa shape index (κ2) is 7.10. The summed E-state index contributed by atoms with van der Waals surface area (Å²) in [5, 5.41) is 1.01. The molecule has 5 rings (SSSR count). The van der Waals surface area contributed by atoms with Crippen molar-refractivity contribution in [2.45, 2.75) is 31.8 Å². The number of Topliss-reactive ketones (excluding diaryl/α,β-unsaturated/α-hetero) is 2. The molecule has 0 bridgehead atoms. The van der Waals surface area contributed by atoms with Crippen molar-refractivity contribution in [3.05, 3.63) is 65.4 Å². The van der Waals surface area contributed by atoms with Gasteiger partial charge in [-0.15, -0.1) is 0 Å². The van der Waals surface area contributed by atoms with Crippen LogP contribution in [0.4, 0.5) is 0 Å². The lowest BCUT2D eigenvalue weighted by molar-refractivity contribution is -0.00802. The smallest absolute Gasteiger partial charge is 0.178 e. The molecular weight excluding hydrogens is 376 g/mol. The summed E-state index contributed by atoms with van der Waals surface area (Å²) < 4.78 is 8.36. The van der Waals surface area contributed by atoms with Crippen LogP contribution in [0.1, 0.15) is 45.5 Å². The standard InChI is InChI=1S/C25H26N2O3/c1-17-7-8-24-19(13-17)22(28)14-25(30-24)9-11-27(12-10-25)16-23(29)20-15-26(2)21-6-4-3-5-18(20)21/h3-8,13,15H,9-12,14,16H2,1-2H3. The summed E-state index contributed by atoms with van der Waals surface area (Å²) in [7, 11) is 1.97. The van der Waals surface area contributed by atoms with Crippen LogP contribution in [0.15, 0.2) is 48.7 Å². The molecule has 2 aliphatic rings. The van der Waals surface area contributed by atoms with Crippen LogP contribution in [0.2, 0.25) is 0 Å². The molecule has 1 aromatic heterocycles. The number of hydrogen-bond acceptors (Lipinski definition) is 4. The Morgan fingerprint density at radius 1 is 1.13 bits per heavy atom. The highest BCUT2D eigenvalue weighted by Crippen LogP contribution is 2.39. The first-order valence-corrected chi connectivity index (χ1v) is 10.6. The molecular formula is C25H26N2O3. The highest BCUT2D eigenvalue weighted by Gasteiger charge is 2.43. The third-order valence-electron chi connectivity index (χ3n) is 6.58. The number of benzene rings is 2. The van der Waals surface area contributed by atoms with E-state index in [2.05, 4.69) is 4.90 Å². The SMILES string of the molecule is Cc1ccc2c(c1)C(=O)CC1(CCN(CC(=O)c3cn(C)c4ccccc34)CC1)O2. The van der Waals surface area contributed by atoms with E-state index in [1.165, 1.54) is 0 Å². The third-order valence-corrected chi connectivity index (χ3v) is 6.58. The van der Waals surface area contributed by atoms with Gasteiger partial charge < -0.3 is 9.30 Å². The van der Waals surface area contributed by atoms with E-state index in [0.717, 1.165) is 48.0 Å². The van der Waals surface area contributed by atoms with Crippen LogP contribution in [0, 0.1) is 6.92 Å². The molecule has 3 heterocycles. The molecule has 2 aliphatic heterocycles. The number of ketones is 2. The van der Waals surface area contributed by atoms with Gasteiger partial charge >= 0.3 is 0 Å². The van der Waals surface area contributed by atoms with Crippen LogP contribution in [-0.4, -0.2) is 46.3 Å². The Morgan fingerprint density at radius 2 is 1.90 bits per heavy atom. The van der Waals surface area contributed by atoms with Gasteiger partial charge in [0.15, 0.2) is 11.6 Å². The normalized spacial score (nSPS) is 18.4. The molecule has 0 unspecified atom stereocenters. The maximum absolute atomic E-state index is 13.0. The van der Waals surface area contributed by atoms with Gasteiger partial charge in [-0.2, -0.15) is 0 Å². The van der Waals surface area contributed by atoms with Crippen LogP contribution in [0.3, 0.4) is 0 Å². The number of likely N-dealkylation sites (tertiary alicyclic amines) is 1. The molecule has 5 heteroatoms. The first-order valence-electron chi connectivity index (χ1n) is 10.6. The molecule has 0 atom stereocenters. The Hall–Kier alpha value is -2.92. The second-order valence-corrected chi connectivity index (χ2v) is 8.75. The Bertz CT molecular complexity index is 1150. The van der Waals surface area contributed by atoms with Crippen molar-refractivity contribution in [2.24, 2.45) is 7.05 Å². The van der Waals surface area contributed by atoms with E-state index < -0.39 is 5.60 Å². The summed E-state index contributed by atoms with van der Waals surface area (Å²) in [6.45, 7) is 3.90. The van der Waals surface area contributed by atoms with Crippen molar-refractivity contribution >= 4 is 22.5 Å². The molecule has 1 spiro atoms. The summed E-state index contributed by atoms with van der Waals surface area (Å²) in [5.74, 6) is 1.02. The van der Waals surface area contributed by atoms with Gasteiger partial charge in [-0.05, 0) is 25.1 Å². The Labute approximate surface area is 176 Å². The average Bonchev–Trinajstić information content (AvgIpc) is 3.08. The van der Waals surface area contributed by atoms with Crippen LogP contribution in [0.25, 0.3) is 10.9 Å². The van der Waals surface area contributed by atoms with E-state index in [1.54, 1.807) is 0 Å². The van der Waals surface area contributed by atoms with E-state index in [9.17, 15) is 9.59 Å². The summed E-state index contributed by atoms with van der Waals surface area (Å²) in [6.07, 6.45) is 3.87. The molecule has 0 radical (unpaired) electrons. The van der Waals surface area contributed by atoms with Gasteiger partial charge in [0.25, 0.3) is 0 Å². The number of rotatable bonds is 3. The fourth-order valence-corrected chi connectivity index (χ4v) is 4.86. The zero-order valence-electron chi connectivity index (χ0n) is 17.5. The number of hydrogen-bond donors (Lipinski definition) is 0. The fourth-order valence-electron chi connectivity index (χ4n) is 4.86. The zero-order chi connectivity index (χ0) is 20.9. The number of nitrogens with zero attached hydrogens (tertiary/aromatic N) is 2. The number of carbonyl (C=O) groups is 2. The van der Waals surface area contributed by atoms with Crippen LogP contribution in [-0.2, 0) is 7.05 Å². The maximum atomic E-state index is 13.0. The van der Waals surface area contributed by atoms with E-state index in [1.807, 2.05) is 67.2 Å². The van der Waals surface area contributed by atoms with Gasteiger partial charge in [-0.1, -0.05) is 29.8 Å². The summed E-state index contributed by atoms with van der Waals surface area (Å²) >= 11 is 0. The first kappa shape index (κ1) is 19.1. The molecule has 2 aromatic carbocycles. The van der Waals surface area contributed by atoms with Crippen molar-refractivity contribution in [1.29, 1.82) is 0 Å². The highest BCUT2D eigenvalue weighted by atomic mass is 16.5. The lowest BCUT2D eigenvalue weighted by atomic mass is 9.82. The Balaban J connectivity index is 1.28. The molecule has 5 nitrogen and oxygen atoms in total. The molecule has 3 aromatic rings. The van der Waals surface area contributed by atoms with Crippen LogP contribution >= 0.6 is 0 Å². The third kappa shape index (κ3) is 3.23. The van der Waals surface area contributed by atoms with Crippen molar-refractivity contribution in [2.75, 3.05) is 19.6 Å². The van der Waals surface area contributed by atoms with Crippen molar-refractivity contribution < 1.29 is 14.3 Å². The topological polar surface area (TPSA) is 51.5 Å². The van der Waals surface area contributed by atoms with Crippen molar-refractivity contribution in [3.8, 4) is 5.75 Å². The molecule has 0 amide bonds. The van der Waals surface area contributed by atoms with Crippen LogP contribution < -0.4 is 4.74 Å². The van der Waals surface area contributed by atoms with E-state index in [4.69, 9.17) is 4.74 Å². The lowest BCUT2D eigenvalue weighted by Gasteiger charge is -2.43. The minimum atomic E-state index is -0.432. The molecule has 0 aliphatic carbocycles. The first-order chi connectivity index (χ1) is 14.4. The molecule has 154 valence electrons. The Morgan fingerprint density at radius 3 is 2.70 bits per heavy atom. The van der Waals surface area contributed by atoms with Crippen molar-refractivity contribution in [1.82, 2.24) is 9.47 Å². The van der Waals surface area contributed by atoms with Gasteiger partial charge in [0, 0.05) is 55.6 Å². The summed E-state index contributed by atoms with van der Waals surface area (Å²) in [5.41, 5.74) is 3.19. The number of para-hydroxylation sites is 1. The average molecular weight is 402 g/mol. The van der Waals surface area contributed by atoms with Gasteiger partial charge in [0.05, 0.1) is 18.5 Å². The van der Waals surface area contributed by atoms with Gasteiger partial charge in [-0.3, -0.25) is 14.5 Å². The molecule has 1 fully saturated rings. The molecule has 0 N–H and O–H groups in total. The number of ether oxygens (including phenoxy) is 1. The highest BCUT2D eigenvalue weighted by molar-refractivity contribution is 6.09. The van der Waals surface area contributed by atoms with E-state index >= 15 is 0 Å². The number of carbonyl (C=O) groups excluding carboxylic acids is 2. The number of piperidine rings is 1. The molecule has 30 heavy (non-hydrogen) atoms. The quantitative estimate of drug-likeness (QED) is 0.617. The molecule has 1 saturated heterocycles. The van der Waals surface area contributed by atoms with Gasteiger partial charge in [0.2, 0.25) is 0 Å². The zero-order valence-corrected chi connectivity index (χ0v) is 17.5. The fraction of sp³-hybridized carbons (Fsp3) is 0.360.